The average Bonchev–Trinajstić information content (AvgIpc) is 3.03. The molecule has 2 heterocycles. The van der Waals surface area contributed by atoms with Crippen molar-refractivity contribution >= 4 is 49.8 Å². The van der Waals surface area contributed by atoms with Gasteiger partial charge in [0.25, 0.3) is 0 Å². The van der Waals surface area contributed by atoms with Crippen molar-refractivity contribution in [2.24, 2.45) is 0 Å². The van der Waals surface area contributed by atoms with Crippen molar-refractivity contribution in [3.63, 3.8) is 0 Å². The lowest BCUT2D eigenvalue weighted by Gasteiger charge is -2.32. The Morgan fingerprint density at radius 2 is 1.46 bits per heavy atom. The van der Waals surface area contributed by atoms with Crippen LogP contribution in [0.15, 0.2) is 72.8 Å². The van der Waals surface area contributed by atoms with Crippen LogP contribution >= 0.6 is 23.2 Å². The molecule has 1 fully saturated rings. The molecule has 4 aromatic rings. The van der Waals surface area contributed by atoms with Crippen molar-refractivity contribution in [1.82, 2.24) is 9.29 Å². The zero-order valence-corrected chi connectivity index (χ0v) is 29.1. The van der Waals surface area contributed by atoms with E-state index in [1.54, 1.807) is 6.07 Å². The van der Waals surface area contributed by atoms with Crippen LogP contribution in [-0.4, -0.2) is 61.2 Å². The summed E-state index contributed by atoms with van der Waals surface area (Å²) in [4.78, 5) is 4.80. The molecular weight excluding hydrogens is 686 g/mol. The van der Waals surface area contributed by atoms with Gasteiger partial charge in [0.2, 0.25) is 5.88 Å². The highest BCUT2D eigenvalue weighted by Crippen LogP contribution is 2.38. The van der Waals surface area contributed by atoms with Crippen LogP contribution in [0.3, 0.4) is 0 Å². The topological polar surface area (TPSA) is 80.8 Å². The van der Waals surface area contributed by atoms with Crippen molar-refractivity contribution < 1.29 is 31.1 Å². The van der Waals surface area contributed by atoms with Crippen molar-refractivity contribution in [3.8, 4) is 5.88 Å². The number of aromatic nitrogens is 1. The number of nitrogens with zero attached hydrogens (tertiary/aromatic N) is 2. The summed E-state index contributed by atoms with van der Waals surface area (Å²) in [6.07, 6.45) is 0.931. The van der Waals surface area contributed by atoms with E-state index in [1.807, 2.05) is 87.5 Å². The number of alkyl halides is 3. The fraction of sp³-hybridized carbons (Fsp3) is 0.400. The molecule has 0 aliphatic carbocycles. The highest BCUT2D eigenvalue weighted by Gasteiger charge is 2.50. The molecule has 0 radical (unpaired) electrons. The first-order valence-electron chi connectivity index (χ1n) is 15.8. The summed E-state index contributed by atoms with van der Waals surface area (Å²) in [5, 5.41) is 5.51. The number of ether oxygens (including phenoxy) is 2. The third-order valence-corrected chi connectivity index (χ3v) is 10.4. The summed E-state index contributed by atoms with van der Waals surface area (Å²) >= 11 is 12.4. The zero-order valence-electron chi connectivity index (χ0n) is 26.8. The van der Waals surface area contributed by atoms with E-state index in [1.165, 1.54) is 0 Å². The third kappa shape index (κ3) is 8.73. The molecule has 1 aromatic heterocycles. The average molecular weight is 725 g/mol. The lowest BCUT2D eigenvalue weighted by molar-refractivity contribution is -0.0494. The summed E-state index contributed by atoms with van der Waals surface area (Å²) in [6.45, 7) is 5.90. The first-order chi connectivity index (χ1) is 22.7. The molecule has 1 N–H and O–H groups in total. The SMILES string of the molecule is CC(C)OCCC(C)Oc1cc(NC2CCN(S(=O)(=O)C(F)(F)F)CC2)c2cc(C(c3ccc(Cl)cc3)c3ccc(Cl)cc3)ccc2n1. The van der Waals surface area contributed by atoms with Crippen LogP contribution in [0.1, 0.15) is 62.6 Å². The molecule has 1 saturated heterocycles. The van der Waals surface area contributed by atoms with Gasteiger partial charge in [-0.15, -0.1) is 0 Å². The first kappa shape index (κ1) is 36.2. The van der Waals surface area contributed by atoms with E-state index in [-0.39, 0.29) is 50.1 Å². The van der Waals surface area contributed by atoms with Gasteiger partial charge in [0.15, 0.2) is 0 Å². The van der Waals surface area contributed by atoms with E-state index in [4.69, 9.17) is 37.7 Å². The van der Waals surface area contributed by atoms with Gasteiger partial charge in [-0.2, -0.15) is 17.5 Å². The molecule has 1 atom stereocenters. The van der Waals surface area contributed by atoms with E-state index < -0.39 is 15.5 Å². The molecular formula is C35H38Cl2F3N3O4S. The minimum Gasteiger partial charge on any atom is -0.474 e. The van der Waals surface area contributed by atoms with Gasteiger partial charge in [0.05, 0.1) is 24.3 Å². The van der Waals surface area contributed by atoms with Gasteiger partial charge in [-0.25, -0.2) is 13.4 Å². The number of sulfonamides is 1. The van der Waals surface area contributed by atoms with Gasteiger partial charge in [0, 0.05) is 58.7 Å². The van der Waals surface area contributed by atoms with Crippen LogP contribution in [0.4, 0.5) is 18.9 Å². The van der Waals surface area contributed by atoms with Crippen LogP contribution in [0.25, 0.3) is 10.9 Å². The fourth-order valence-electron chi connectivity index (χ4n) is 5.81. The van der Waals surface area contributed by atoms with Crippen molar-refractivity contribution in [2.75, 3.05) is 25.0 Å². The standard InChI is InChI=1S/C35H38Cl2F3N3O4S/c1-22(2)46-19-16-23(3)47-33-21-32(41-29-14-17-43(18-15-29)48(44,45)35(38,39)40)30-20-26(8-13-31(30)42-33)34(24-4-9-27(36)10-5-24)25-6-11-28(37)12-7-25/h4-13,20-23,29,34H,14-19H2,1-3H3,(H,41,42). The van der Waals surface area contributed by atoms with Crippen LogP contribution in [0, 0.1) is 0 Å². The number of anilines is 1. The molecule has 3 aromatic carbocycles. The summed E-state index contributed by atoms with van der Waals surface area (Å²) in [5.74, 6) is 0.211. The Morgan fingerprint density at radius 3 is 2.00 bits per heavy atom. The molecule has 0 saturated carbocycles. The number of rotatable bonds is 12. The third-order valence-electron chi connectivity index (χ3n) is 8.29. The van der Waals surface area contributed by atoms with Gasteiger partial charge in [0.1, 0.15) is 0 Å². The zero-order chi connectivity index (χ0) is 34.6. The van der Waals surface area contributed by atoms with Crippen molar-refractivity contribution in [2.45, 2.75) is 69.7 Å². The first-order valence-corrected chi connectivity index (χ1v) is 18.0. The quantitative estimate of drug-likeness (QED) is 0.147. The number of benzene rings is 3. The Hall–Kier alpha value is -3.09. The molecule has 48 heavy (non-hydrogen) atoms. The highest BCUT2D eigenvalue weighted by atomic mass is 35.5. The summed E-state index contributed by atoms with van der Waals surface area (Å²) < 4.78 is 76.0. The molecule has 258 valence electrons. The number of hydrogen-bond donors (Lipinski definition) is 1. The van der Waals surface area contributed by atoms with Crippen LogP contribution < -0.4 is 10.1 Å². The van der Waals surface area contributed by atoms with Crippen molar-refractivity contribution in [1.29, 1.82) is 0 Å². The van der Waals surface area contributed by atoms with Crippen LogP contribution in [-0.2, 0) is 14.8 Å². The highest BCUT2D eigenvalue weighted by molar-refractivity contribution is 7.90. The molecule has 1 aliphatic heterocycles. The van der Waals surface area contributed by atoms with Gasteiger partial charge >= 0.3 is 15.5 Å². The molecule has 0 spiro atoms. The number of halogens is 5. The molecule has 1 aliphatic rings. The molecule has 7 nitrogen and oxygen atoms in total. The fourth-order valence-corrected chi connectivity index (χ4v) is 7.04. The van der Waals surface area contributed by atoms with Gasteiger partial charge in [-0.3, -0.25) is 0 Å². The Morgan fingerprint density at radius 1 is 0.896 bits per heavy atom. The van der Waals surface area contributed by atoms with E-state index in [2.05, 4.69) is 5.32 Å². The van der Waals surface area contributed by atoms with E-state index >= 15 is 0 Å². The maximum atomic E-state index is 13.2. The summed E-state index contributed by atoms with van der Waals surface area (Å²) in [5.41, 5.74) is -0.994. The van der Waals surface area contributed by atoms with E-state index in [9.17, 15) is 21.6 Å². The molecule has 1 unspecified atom stereocenters. The number of pyridine rings is 1. The Kier molecular flexibility index (Phi) is 11.5. The molecule has 0 bridgehead atoms. The molecule has 13 heteroatoms. The summed E-state index contributed by atoms with van der Waals surface area (Å²) in [6, 6.07) is 22.8. The minimum atomic E-state index is -5.39. The number of nitrogens with one attached hydrogen (secondary N) is 1. The van der Waals surface area contributed by atoms with E-state index in [0.29, 0.717) is 44.5 Å². The lowest BCUT2D eigenvalue weighted by Crippen LogP contribution is -2.47. The number of fused-ring (bicyclic) bond motifs is 1. The largest absolute Gasteiger partial charge is 0.511 e. The monoisotopic (exact) mass is 723 g/mol. The second-order valence-electron chi connectivity index (χ2n) is 12.2. The van der Waals surface area contributed by atoms with Gasteiger partial charge in [-0.05, 0) is 86.7 Å². The normalized spacial score (nSPS) is 15.7. The number of piperidine rings is 1. The summed E-state index contributed by atoms with van der Waals surface area (Å²) in [7, 11) is -5.39. The van der Waals surface area contributed by atoms with Crippen molar-refractivity contribution in [3.05, 3.63) is 99.5 Å². The predicted octanol–water partition coefficient (Wildman–Crippen LogP) is 9.03. The van der Waals surface area contributed by atoms with Gasteiger partial charge in [-0.1, -0.05) is 53.5 Å². The number of hydrogen-bond acceptors (Lipinski definition) is 6. The second-order valence-corrected chi connectivity index (χ2v) is 15.0. The Bertz CT molecular complexity index is 1750. The predicted molar refractivity (Wildman–Crippen MR) is 185 cm³/mol. The Balaban J connectivity index is 1.50. The lowest BCUT2D eigenvalue weighted by atomic mass is 9.84. The van der Waals surface area contributed by atoms with Crippen LogP contribution in [0.5, 0.6) is 5.88 Å². The smallest absolute Gasteiger partial charge is 0.474 e. The second kappa shape index (κ2) is 15.2. The maximum absolute atomic E-state index is 13.2. The van der Waals surface area contributed by atoms with Gasteiger partial charge < -0.3 is 14.8 Å². The maximum Gasteiger partial charge on any atom is 0.511 e. The minimum absolute atomic E-state index is 0.100. The molecule has 5 rings (SSSR count). The Labute approximate surface area is 289 Å². The molecule has 0 amide bonds. The van der Waals surface area contributed by atoms with Crippen LogP contribution in [0.2, 0.25) is 10.0 Å². The van der Waals surface area contributed by atoms with E-state index in [0.717, 1.165) is 22.1 Å².